The van der Waals surface area contributed by atoms with Gasteiger partial charge in [0.15, 0.2) is 0 Å². The Balaban J connectivity index is 1.43. The summed E-state index contributed by atoms with van der Waals surface area (Å²) in [4.78, 5) is 23.8. The van der Waals surface area contributed by atoms with Crippen LogP contribution in [0, 0.1) is 6.92 Å². The zero-order chi connectivity index (χ0) is 20.1. The number of rotatable bonds is 5. The molecule has 3 heterocycles. The quantitative estimate of drug-likeness (QED) is 0.657. The minimum absolute atomic E-state index is 0.191. The Bertz CT molecular complexity index is 971. The van der Waals surface area contributed by atoms with Gasteiger partial charge in [-0.1, -0.05) is 35.9 Å². The van der Waals surface area contributed by atoms with Crippen molar-refractivity contribution < 1.29 is 4.79 Å². The second kappa shape index (κ2) is 8.99. The second-order valence-corrected chi connectivity index (χ2v) is 7.93. The van der Waals surface area contributed by atoms with E-state index in [9.17, 15) is 4.79 Å². The van der Waals surface area contributed by atoms with Crippen molar-refractivity contribution in [2.45, 2.75) is 38.5 Å². The lowest BCUT2D eigenvalue weighted by atomic mass is 9.93. The first-order valence-electron chi connectivity index (χ1n) is 10.4. The molecule has 1 amide bonds. The van der Waals surface area contributed by atoms with Crippen LogP contribution < -0.4 is 0 Å². The van der Waals surface area contributed by atoms with Gasteiger partial charge in [-0.05, 0) is 55.2 Å². The van der Waals surface area contributed by atoms with E-state index in [4.69, 9.17) is 4.98 Å². The number of carbonyl (C=O) groups is 1. The fourth-order valence-electron chi connectivity index (χ4n) is 4.09. The number of carbonyl (C=O) groups excluding carboxylic acids is 1. The minimum Gasteiger partial charge on any atom is -0.342 e. The van der Waals surface area contributed by atoms with Crippen molar-refractivity contribution in [3.8, 4) is 0 Å². The van der Waals surface area contributed by atoms with Crippen molar-refractivity contribution in [3.63, 3.8) is 0 Å². The number of hydrogen-bond acceptors (Lipinski definition) is 3. The van der Waals surface area contributed by atoms with Gasteiger partial charge in [0.05, 0.1) is 6.42 Å². The molecule has 1 aliphatic heterocycles. The van der Waals surface area contributed by atoms with E-state index in [1.807, 2.05) is 17.0 Å². The molecule has 0 spiro atoms. The number of aromatic nitrogens is 2. The zero-order valence-corrected chi connectivity index (χ0v) is 16.9. The summed E-state index contributed by atoms with van der Waals surface area (Å²) in [6.07, 6.45) is 6.87. The fraction of sp³-hybridized carbons (Fsp3) is 0.320. The summed E-state index contributed by atoms with van der Waals surface area (Å²) in [6, 6.07) is 18.7. The number of pyridine rings is 2. The lowest BCUT2D eigenvalue weighted by Crippen LogP contribution is -2.40. The van der Waals surface area contributed by atoms with E-state index in [1.54, 1.807) is 12.4 Å². The molecule has 2 aromatic heterocycles. The number of benzene rings is 1. The predicted octanol–water partition coefficient (Wildman–Crippen LogP) is 4.32. The van der Waals surface area contributed by atoms with Crippen molar-refractivity contribution in [1.29, 1.82) is 0 Å². The van der Waals surface area contributed by atoms with Crippen molar-refractivity contribution in [3.05, 3.63) is 95.1 Å². The van der Waals surface area contributed by atoms with Crippen LogP contribution in [0.4, 0.5) is 0 Å². The van der Waals surface area contributed by atoms with Crippen LogP contribution in [-0.4, -0.2) is 33.9 Å². The summed E-state index contributed by atoms with van der Waals surface area (Å²) < 4.78 is 0. The van der Waals surface area contributed by atoms with Crippen LogP contribution in [0.2, 0.25) is 0 Å². The normalized spacial score (nSPS) is 16.6. The first-order valence-corrected chi connectivity index (χ1v) is 10.4. The standard InChI is InChI=1S/C25H27N3O/c1-19-5-2-6-21(15-19)16-23-8-3-9-24(27-23)22-7-4-14-28(18-22)25(29)17-20-10-12-26-13-11-20/h2-3,5-6,8-13,15,22H,4,7,14,16-18H2,1H3/t22-/m0/s1. The third-order valence-corrected chi connectivity index (χ3v) is 5.59. The van der Waals surface area contributed by atoms with Crippen LogP contribution in [0.1, 0.15) is 46.8 Å². The van der Waals surface area contributed by atoms with Crippen molar-refractivity contribution >= 4 is 5.91 Å². The number of piperidine rings is 1. The molecule has 1 aromatic carbocycles. The molecule has 0 bridgehead atoms. The topological polar surface area (TPSA) is 46.1 Å². The number of likely N-dealkylation sites (tertiary alicyclic amines) is 1. The smallest absolute Gasteiger partial charge is 0.227 e. The summed E-state index contributed by atoms with van der Waals surface area (Å²) in [5.41, 5.74) is 5.78. The molecule has 1 saturated heterocycles. The van der Waals surface area contributed by atoms with Crippen LogP contribution in [0.3, 0.4) is 0 Å². The van der Waals surface area contributed by atoms with Gasteiger partial charge in [-0.25, -0.2) is 0 Å². The highest BCUT2D eigenvalue weighted by atomic mass is 16.2. The maximum Gasteiger partial charge on any atom is 0.227 e. The van der Waals surface area contributed by atoms with Gasteiger partial charge in [-0.15, -0.1) is 0 Å². The molecule has 4 nitrogen and oxygen atoms in total. The molecule has 0 N–H and O–H groups in total. The van der Waals surface area contributed by atoms with Gasteiger partial charge < -0.3 is 4.90 Å². The highest BCUT2D eigenvalue weighted by Crippen LogP contribution is 2.26. The van der Waals surface area contributed by atoms with Gasteiger partial charge >= 0.3 is 0 Å². The van der Waals surface area contributed by atoms with E-state index >= 15 is 0 Å². The average molecular weight is 386 g/mol. The van der Waals surface area contributed by atoms with Crippen molar-refractivity contribution in [1.82, 2.24) is 14.9 Å². The SMILES string of the molecule is Cc1cccc(Cc2cccc([C@H]3CCCN(C(=O)Cc4ccncc4)C3)n2)c1. The number of nitrogens with zero attached hydrogens (tertiary/aromatic N) is 3. The third kappa shape index (κ3) is 5.08. The molecular formula is C25H27N3O. The molecule has 4 heteroatoms. The highest BCUT2D eigenvalue weighted by molar-refractivity contribution is 5.78. The van der Waals surface area contributed by atoms with Crippen molar-refractivity contribution in [2.75, 3.05) is 13.1 Å². The molecule has 1 aliphatic rings. The number of aryl methyl sites for hydroxylation is 1. The Morgan fingerprint density at radius 1 is 1.07 bits per heavy atom. The van der Waals surface area contributed by atoms with Crippen LogP contribution in [0.5, 0.6) is 0 Å². The molecule has 0 radical (unpaired) electrons. The molecule has 3 aromatic rings. The summed E-state index contributed by atoms with van der Waals surface area (Å²) in [5, 5.41) is 0. The van der Waals surface area contributed by atoms with Crippen LogP contribution in [-0.2, 0) is 17.6 Å². The van der Waals surface area contributed by atoms with E-state index < -0.39 is 0 Å². The third-order valence-electron chi connectivity index (χ3n) is 5.59. The van der Waals surface area contributed by atoms with Crippen LogP contribution in [0.15, 0.2) is 67.0 Å². The molecule has 0 unspecified atom stereocenters. The first kappa shape index (κ1) is 19.3. The van der Waals surface area contributed by atoms with Gasteiger partial charge in [-0.3, -0.25) is 14.8 Å². The Labute approximate surface area is 172 Å². The zero-order valence-electron chi connectivity index (χ0n) is 16.9. The number of hydrogen-bond donors (Lipinski definition) is 0. The maximum atomic E-state index is 12.8. The minimum atomic E-state index is 0.191. The lowest BCUT2D eigenvalue weighted by Gasteiger charge is -2.32. The monoisotopic (exact) mass is 385 g/mol. The largest absolute Gasteiger partial charge is 0.342 e. The van der Waals surface area contributed by atoms with Crippen LogP contribution >= 0.6 is 0 Å². The van der Waals surface area contributed by atoms with Gasteiger partial charge in [0.1, 0.15) is 0 Å². The highest BCUT2D eigenvalue weighted by Gasteiger charge is 2.25. The summed E-state index contributed by atoms with van der Waals surface area (Å²) in [5.74, 6) is 0.499. The molecule has 1 atom stereocenters. The fourth-order valence-corrected chi connectivity index (χ4v) is 4.09. The lowest BCUT2D eigenvalue weighted by molar-refractivity contribution is -0.131. The Morgan fingerprint density at radius 2 is 1.90 bits per heavy atom. The van der Waals surface area contributed by atoms with E-state index in [-0.39, 0.29) is 5.91 Å². The number of amides is 1. The molecule has 29 heavy (non-hydrogen) atoms. The van der Waals surface area contributed by atoms with E-state index in [0.717, 1.165) is 49.3 Å². The van der Waals surface area contributed by atoms with E-state index in [0.29, 0.717) is 12.3 Å². The first-order chi connectivity index (χ1) is 14.2. The van der Waals surface area contributed by atoms with Gasteiger partial charge in [-0.2, -0.15) is 0 Å². The molecule has 1 fully saturated rings. The molecule has 0 aliphatic carbocycles. The van der Waals surface area contributed by atoms with E-state index in [2.05, 4.69) is 54.4 Å². The molecule has 148 valence electrons. The Hall–Kier alpha value is -3.01. The predicted molar refractivity (Wildman–Crippen MR) is 115 cm³/mol. The summed E-state index contributed by atoms with van der Waals surface area (Å²) >= 11 is 0. The Kier molecular flexibility index (Phi) is 5.99. The van der Waals surface area contributed by atoms with Gasteiger partial charge in [0.2, 0.25) is 5.91 Å². The van der Waals surface area contributed by atoms with Crippen LogP contribution in [0.25, 0.3) is 0 Å². The maximum absolute atomic E-state index is 12.8. The van der Waals surface area contributed by atoms with Crippen molar-refractivity contribution in [2.24, 2.45) is 0 Å². The average Bonchev–Trinajstić information content (AvgIpc) is 2.75. The molecule has 4 rings (SSSR count). The Morgan fingerprint density at radius 3 is 2.72 bits per heavy atom. The summed E-state index contributed by atoms with van der Waals surface area (Å²) in [6.45, 7) is 3.71. The molecule has 0 saturated carbocycles. The van der Waals surface area contributed by atoms with Gasteiger partial charge in [0, 0.05) is 49.2 Å². The van der Waals surface area contributed by atoms with E-state index in [1.165, 1.54) is 11.1 Å². The second-order valence-electron chi connectivity index (χ2n) is 7.93. The summed E-state index contributed by atoms with van der Waals surface area (Å²) in [7, 11) is 0. The molecular weight excluding hydrogens is 358 g/mol. The van der Waals surface area contributed by atoms with Gasteiger partial charge in [0.25, 0.3) is 0 Å².